The fraction of sp³-hybridized carbons (Fsp3) is 0.571. The zero-order valence-electron chi connectivity index (χ0n) is 6.26. The second-order valence-electron chi connectivity index (χ2n) is 2.64. The van der Waals surface area contributed by atoms with Crippen LogP contribution in [0.2, 0.25) is 0 Å². The van der Waals surface area contributed by atoms with E-state index >= 15 is 0 Å². The van der Waals surface area contributed by atoms with Crippen LogP contribution in [-0.4, -0.2) is 16.5 Å². The first-order chi connectivity index (χ1) is 5.40. The van der Waals surface area contributed by atoms with Crippen LogP contribution in [0.5, 0.6) is 0 Å². The highest BCUT2D eigenvalue weighted by Crippen LogP contribution is 2.16. The van der Waals surface area contributed by atoms with Gasteiger partial charge in [0.05, 0.1) is 24.6 Å². The molecule has 0 saturated carbocycles. The molecule has 0 bridgehead atoms. The van der Waals surface area contributed by atoms with Crippen molar-refractivity contribution in [3.63, 3.8) is 0 Å². The van der Waals surface area contributed by atoms with Crippen molar-refractivity contribution in [3.8, 4) is 0 Å². The van der Waals surface area contributed by atoms with Crippen LogP contribution < -0.4 is 5.73 Å². The number of hydrogen-bond donors (Lipinski definition) is 2. The van der Waals surface area contributed by atoms with Crippen molar-refractivity contribution >= 4 is 0 Å². The van der Waals surface area contributed by atoms with Crippen LogP contribution in [0.1, 0.15) is 17.2 Å². The molecule has 0 spiro atoms. The minimum atomic E-state index is 0.646. The van der Waals surface area contributed by atoms with Crippen LogP contribution in [0.3, 0.4) is 0 Å². The van der Waals surface area contributed by atoms with Crippen LogP contribution in [0.25, 0.3) is 0 Å². The minimum Gasteiger partial charge on any atom is -0.369 e. The molecule has 0 unspecified atom stereocenters. The van der Waals surface area contributed by atoms with E-state index in [0.29, 0.717) is 19.8 Å². The van der Waals surface area contributed by atoms with Crippen molar-refractivity contribution in [3.05, 3.63) is 17.2 Å². The summed E-state index contributed by atoms with van der Waals surface area (Å²) in [7, 11) is 0. The lowest BCUT2D eigenvalue weighted by molar-refractivity contribution is 0.130. The van der Waals surface area contributed by atoms with E-state index in [-0.39, 0.29) is 0 Å². The molecule has 4 nitrogen and oxygen atoms in total. The van der Waals surface area contributed by atoms with Gasteiger partial charge in [0, 0.05) is 6.42 Å². The van der Waals surface area contributed by atoms with Gasteiger partial charge >= 0.3 is 0 Å². The molecule has 0 fully saturated rings. The van der Waals surface area contributed by atoms with Crippen molar-refractivity contribution in [2.24, 2.45) is 5.73 Å². The zero-order chi connectivity index (χ0) is 7.68. The summed E-state index contributed by atoms with van der Waals surface area (Å²) in [5, 5.41) is 0. The highest BCUT2D eigenvalue weighted by atomic mass is 16.5. The average molecular weight is 153 g/mol. The summed E-state index contributed by atoms with van der Waals surface area (Å²) in [5.41, 5.74) is 7.56. The van der Waals surface area contributed by atoms with Gasteiger partial charge in [-0.05, 0) is 6.54 Å². The van der Waals surface area contributed by atoms with E-state index < -0.39 is 0 Å². The maximum absolute atomic E-state index is 5.39. The smallest absolute Gasteiger partial charge is 0.108 e. The Morgan fingerprint density at radius 2 is 2.45 bits per heavy atom. The Labute approximate surface area is 64.8 Å². The Hall–Kier alpha value is -0.870. The summed E-state index contributed by atoms with van der Waals surface area (Å²) in [5.74, 6) is 0.987. The normalized spacial score (nSPS) is 15.4. The van der Waals surface area contributed by atoms with Crippen molar-refractivity contribution in [2.75, 3.05) is 6.54 Å². The molecular formula is C7H11N3O. The average Bonchev–Trinajstić information content (AvgIpc) is 2.46. The lowest BCUT2D eigenvalue weighted by Crippen LogP contribution is -2.04. The van der Waals surface area contributed by atoms with E-state index in [1.165, 1.54) is 0 Å². The van der Waals surface area contributed by atoms with Crippen LogP contribution in [0, 0.1) is 0 Å². The van der Waals surface area contributed by atoms with Gasteiger partial charge in [-0.15, -0.1) is 0 Å². The summed E-state index contributed by atoms with van der Waals surface area (Å²) < 4.78 is 5.16. The second-order valence-corrected chi connectivity index (χ2v) is 2.64. The molecule has 3 N–H and O–H groups in total. The summed E-state index contributed by atoms with van der Waals surface area (Å²) in [4.78, 5) is 7.50. The molecule has 0 saturated heterocycles. The van der Waals surface area contributed by atoms with Gasteiger partial charge in [0.25, 0.3) is 0 Å². The predicted molar refractivity (Wildman–Crippen MR) is 39.8 cm³/mol. The summed E-state index contributed by atoms with van der Waals surface area (Å²) >= 11 is 0. The first kappa shape index (κ1) is 6.82. The number of nitrogens with one attached hydrogen (secondary N) is 1. The number of ether oxygens (including phenoxy) is 1. The number of H-pyrrole nitrogens is 1. The van der Waals surface area contributed by atoms with E-state index in [2.05, 4.69) is 9.97 Å². The van der Waals surface area contributed by atoms with Gasteiger partial charge in [-0.3, -0.25) is 0 Å². The molecule has 0 aliphatic carbocycles. The Morgan fingerprint density at radius 1 is 1.55 bits per heavy atom. The van der Waals surface area contributed by atoms with Gasteiger partial charge in [-0.25, -0.2) is 4.98 Å². The minimum absolute atomic E-state index is 0.646. The molecule has 11 heavy (non-hydrogen) atoms. The fourth-order valence-electron chi connectivity index (χ4n) is 1.25. The molecule has 1 aliphatic heterocycles. The largest absolute Gasteiger partial charge is 0.369 e. The number of nitrogens with zero attached hydrogens (tertiary/aromatic N) is 1. The van der Waals surface area contributed by atoms with Gasteiger partial charge in [0.15, 0.2) is 0 Å². The predicted octanol–water partition coefficient (Wildman–Crippen LogP) is -0.0589. The number of hydrogen-bond acceptors (Lipinski definition) is 3. The monoisotopic (exact) mass is 153 g/mol. The zero-order valence-corrected chi connectivity index (χ0v) is 6.26. The molecular weight excluding hydrogens is 142 g/mol. The molecule has 2 rings (SSSR count). The highest BCUT2D eigenvalue weighted by Gasteiger charge is 2.15. The van der Waals surface area contributed by atoms with Crippen molar-refractivity contribution < 1.29 is 4.74 Å². The molecule has 0 aromatic carbocycles. The third-order valence-electron chi connectivity index (χ3n) is 1.78. The van der Waals surface area contributed by atoms with E-state index in [1.807, 2.05) is 0 Å². The van der Waals surface area contributed by atoms with Gasteiger partial charge in [0.2, 0.25) is 0 Å². The van der Waals surface area contributed by atoms with Crippen LogP contribution >= 0.6 is 0 Å². The second kappa shape index (κ2) is 2.64. The lowest BCUT2D eigenvalue weighted by Gasteiger charge is -1.92. The number of aromatic nitrogens is 2. The van der Waals surface area contributed by atoms with Gasteiger partial charge in [-0.1, -0.05) is 0 Å². The van der Waals surface area contributed by atoms with Gasteiger partial charge in [-0.2, -0.15) is 0 Å². The third-order valence-corrected chi connectivity index (χ3v) is 1.78. The number of nitrogens with two attached hydrogens (primary N) is 1. The van der Waals surface area contributed by atoms with Crippen molar-refractivity contribution in [2.45, 2.75) is 19.6 Å². The molecule has 1 aliphatic rings. The first-order valence-corrected chi connectivity index (χ1v) is 3.74. The molecule has 4 heteroatoms. The van der Waals surface area contributed by atoms with Crippen LogP contribution in [0.4, 0.5) is 0 Å². The lowest BCUT2D eigenvalue weighted by atomic mass is 10.4. The SMILES string of the molecule is NCCc1nc2c([nH]1)COC2. The molecule has 2 heterocycles. The molecule has 0 amide bonds. The van der Waals surface area contributed by atoms with Crippen molar-refractivity contribution in [1.29, 1.82) is 0 Å². The number of fused-ring (bicyclic) bond motifs is 1. The quantitative estimate of drug-likeness (QED) is 0.625. The molecule has 60 valence electrons. The van der Waals surface area contributed by atoms with Gasteiger partial charge in [0.1, 0.15) is 5.82 Å². The van der Waals surface area contributed by atoms with Crippen LogP contribution in [0.15, 0.2) is 0 Å². The molecule has 0 atom stereocenters. The maximum Gasteiger partial charge on any atom is 0.108 e. The summed E-state index contributed by atoms with van der Waals surface area (Å²) in [6.45, 7) is 1.97. The van der Waals surface area contributed by atoms with Gasteiger partial charge < -0.3 is 15.5 Å². The first-order valence-electron chi connectivity index (χ1n) is 3.74. The van der Waals surface area contributed by atoms with E-state index in [0.717, 1.165) is 23.6 Å². The molecule has 1 aromatic rings. The topological polar surface area (TPSA) is 63.9 Å². The number of imidazole rings is 1. The standard InChI is InChI=1S/C7H11N3O/c8-2-1-7-9-5-3-11-4-6(5)10-7/h1-4,8H2,(H,9,10). The van der Waals surface area contributed by atoms with E-state index in [9.17, 15) is 0 Å². The summed E-state index contributed by atoms with van der Waals surface area (Å²) in [6, 6.07) is 0. The fourth-order valence-corrected chi connectivity index (χ4v) is 1.25. The van der Waals surface area contributed by atoms with Crippen LogP contribution in [-0.2, 0) is 24.4 Å². The van der Waals surface area contributed by atoms with E-state index in [1.54, 1.807) is 0 Å². The number of aromatic amines is 1. The Bertz CT molecular complexity index is 235. The Balaban J connectivity index is 2.20. The Morgan fingerprint density at radius 3 is 3.18 bits per heavy atom. The Kier molecular flexibility index (Phi) is 1.63. The highest BCUT2D eigenvalue weighted by molar-refractivity contribution is 5.16. The third kappa shape index (κ3) is 1.15. The summed E-state index contributed by atoms with van der Waals surface area (Å²) in [6.07, 6.45) is 0.826. The number of rotatable bonds is 2. The van der Waals surface area contributed by atoms with E-state index in [4.69, 9.17) is 10.5 Å². The molecule has 0 radical (unpaired) electrons. The molecule has 1 aromatic heterocycles. The van der Waals surface area contributed by atoms with Crippen molar-refractivity contribution in [1.82, 2.24) is 9.97 Å². The maximum atomic E-state index is 5.39.